The fraction of sp³-hybridized carbons (Fsp3) is 0.500. The summed E-state index contributed by atoms with van der Waals surface area (Å²) in [5.74, 6) is 0.326. The molecule has 0 radical (unpaired) electrons. The van der Waals surface area contributed by atoms with Gasteiger partial charge >= 0.3 is 0 Å². The van der Waals surface area contributed by atoms with Crippen LogP contribution in [-0.2, 0) is 0 Å². The summed E-state index contributed by atoms with van der Waals surface area (Å²) in [6, 6.07) is 3.84. The number of nitrogens with two attached hydrogens (primary N) is 1. The van der Waals surface area contributed by atoms with Crippen molar-refractivity contribution in [1.29, 1.82) is 0 Å². The minimum Gasteiger partial charge on any atom is -0.330 e. The molecule has 1 nitrogen and oxygen atoms in total. The second kappa shape index (κ2) is 4.56. The third kappa shape index (κ3) is 2.32. The van der Waals surface area contributed by atoms with E-state index in [-0.39, 0.29) is 5.82 Å². The quantitative estimate of drug-likeness (QED) is 0.788. The minimum absolute atomic E-state index is 0.0892. The Hall–Kier alpha value is -0.890. The number of rotatable bonds is 3. The molecule has 78 valence electrons. The molecule has 0 bridgehead atoms. The Morgan fingerprint density at radius 1 is 1.29 bits per heavy atom. The molecule has 1 aromatic rings. The van der Waals surface area contributed by atoms with Crippen LogP contribution < -0.4 is 5.73 Å². The Morgan fingerprint density at radius 2 is 1.79 bits per heavy atom. The molecule has 0 aliphatic heterocycles. The van der Waals surface area contributed by atoms with Crippen LogP contribution in [0, 0.1) is 19.7 Å². The first-order chi connectivity index (χ1) is 6.56. The van der Waals surface area contributed by atoms with E-state index in [0.29, 0.717) is 12.5 Å². The lowest BCUT2D eigenvalue weighted by molar-refractivity contribution is 0.604. The van der Waals surface area contributed by atoms with E-state index in [2.05, 4.69) is 6.92 Å². The number of aryl methyl sites for hydroxylation is 2. The van der Waals surface area contributed by atoms with Gasteiger partial charge in [0.15, 0.2) is 0 Å². The molecule has 0 heterocycles. The average Bonchev–Trinajstić information content (AvgIpc) is 2.13. The van der Waals surface area contributed by atoms with Gasteiger partial charge in [-0.25, -0.2) is 4.39 Å². The van der Waals surface area contributed by atoms with E-state index in [0.717, 1.165) is 17.5 Å². The fourth-order valence-corrected chi connectivity index (χ4v) is 1.68. The maximum atomic E-state index is 13.3. The van der Waals surface area contributed by atoms with Crippen LogP contribution in [0.2, 0.25) is 0 Å². The third-order valence-electron chi connectivity index (χ3n) is 2.63. The lowest BCUT2D eigenvalue weighted by Gasteiger charge is -2.13. The Bertz CT molecular complexity index is 297. The zero-order valence-corrected chi connectivity index (χ0v) is 9.10. The third-order valence-corrected chi connectivity index (χ3v) is 2.63. The zero-order chi connectivity index (χ0) is 10.7. The molecule has 0 fully saturated rings. The summed E-state index contributed by atoms with van der Waals surface area (Å²) in [6.07, 6.45) is 0.949. The number of halogens is 1. The Kier molecular flexibility index (Phi) is 3.64. The second-order valence-corrected chi connectivity index (χ2v) is 3.95. The molecule has 2 heteroatoms. The summed E-state index contributed by atoms with van der Waals surface area (Å²) in [4.78, 5) is 0. The molecule has 0 saturated carbocycles. The van der Waals surface area contributed by atoms with Crippen LogP contribution in [0.25, 0.3) is 0 Å². The topological polar surface area (TPSA) is 26.0 Å². The molecule has 1 aromatic carbocycles. The van der Waals surface area contributed by atoms with Crippen molar-refractivity contribution in [3.63, 3.8) is 0 Å². The van der Waals surface area contributed by atoms with E-state index >= 15 is 0 Å². The van der Waals surface area contributed by atoms with Gasteiger partial charge in [-0.3, -0.25) is 0 Å². The van der Waals surface area contributed by atoms with Gasteiger partial charge in [-0.1, -0.05) is 19.1 Å². The van der Waals surface area contributed by atoms with E-state index in [1.54, 1.807) is 13.8 Å². The zero-order valence-electron chi connectivity index (χ0n) is 9.10. The van der Waals surface area contributed by atoms with Crippen LogP contribution in [0.5, 0.6) is 0 Å². The largest absolute Gasteiger partial charge is 0.330 e. The van der Waals surface area contributed by atoms with Crippen LogP contribution in [0.1, 0.15) is 36.0 Å². The van der Waals surface area contributed by atoms with Crippen molar-refractivity contribution < 1.29 is 4.39 Å². The monoisotopic (exact) mass is 195 g/mol. The van der Waals surface area contributed by atoms with Crippen LogP contribution in [0.3, 0.4) is 0 Å². The van der Waals surface area contributed by atoms with Gasteiger partial charge in [-0.15, -0.1) is 0 Å². The van der Waals surface area contributed by atoms with Crippen molar-refractivity contribution in [2.45, 2.75) is 33.1 Å². The molecular formula is C12H18FN. The van der Waals surface area contributed by atoms with Crippen molar-refractivity contribution in [2.24, 2.45) is 5.73 Å². The van der Waals surface area contributed by atoms with Crippen LogP contribution in [-0.4, -0.2) is 6.54 Å². The Morgan fingerprint density at radius 3 is 2.21 bits per heavy atom. The second-order valence-electron chi connectivity index (χ2n) is 3.95. The van der Waals surface area contributed by atoms with E-state index < -0.39 is 0 Å². The molecule has 0 aliphatic carbocycles. The molecule has 0 aromatic heterocycles. The van der Waals surface area contributed by atoms with E-state index in [4.69, 9.17) is 5.73 Å². The van der Waals surface area contributed by atoms with Crippen molar-refractivity contribution >= 4 is 0 Å². The Labute approximate surface area is 85.1 Å². The first-order valence-electron chi connectivity index (χ1n) is 5.03. The SMILES string of the molecule is Cc1cc(C(C)CCN)cc(C)c1F. The highest BCUT2D eigenvalue weighted by molar-refractivity contribution is 5.32. The summed E-state index contributed by atoms with van der Waals surface area (Å²) in [6.45, 7) is 6.41. The Balaban J connectivity index is 3.00. The standard InChI is InChI=1S/C12H18FN/c1-8(4-5-14)11-6-9(2)12(13)10(3)7-11/h6-8H,4-5,14H2,1-3H3. The summed E-state index contributed by atoms with van der Waals surface area (Å²) < 4.78 is 13.3. The highest BCUT2D eigenvalue weighted by Gasteiger charge is 2.09. The predicted molar refractivity (Wildman–Crippen MR) is 58.0 cm³/mol. The first-order valence-corrected chi connectivity index (χ1v) is 5.03. The summed E-state index contributed by atoms with van der Waals surface area (Å²) in [5.41, 5.74) is 8.14. The van der Waals surface area contributed by atoms with Crippen molar-refractivity contribution in [1.82, 2.24) is 0 Å². The van der Waals surface area contributed by atoms with Gasteiger partial charge in [0.25, 0.3) is 0 Å². The van der Waals surface area contributed by atoms with E-state index in [9.17, 15) is 4.39 Å². The van der Waals surface area contributed by atoms with Crippen LogP contribution >= 0.6 is 0 Å². The molecule has 0 aliphatic rings. The molecule has 0 amide bonds. The van der Waals surface area contributed by atoms with Gasteiger partial charge in [0.2, 0.25) is 0 Å². The smallest absolute Gasteiger partial charge is 0.129 e. The summed E-state index contributed by atoms with van der Waals surface area (Å²) in [5, 5.41) is 0. The van der Waals surface area contributed by atoms with Crippen molar-refractivity contribution in [3.05, 3.63) is 34.6 Å². The normalized spacial score (nSPS) is 12.9. The average molecular weight is 195 g/mol. The van der Waals surface area contributed by atoms with Gasteiger partial charge in [0, 0.05) is 0 Å². The number of benzene rings is 1. The van der Waals surface area contributed by atoms with Crippen LogP contribution in [0.15, 0.2) is 12.1 Å². The highest BCUT2D eigenvalue weighted by atomic mass is 19.1. The van der Waals surface area contributed by atoms with Crippen molar-refractivity contribution in [2.75, 3.05) is 6.54 Å². The van der Waals surface area contributed by atoms with Gasteiger partial charge in [-0.2, -0.15) is 0 Å². The maximum absolute atomic E-state index is 13.3. The van der Waals surface area contributed by atoms with Crippen molar-refractivity contribution in [3.8, 4) is 0 Å². The van der Waals surface area contributed by atoms with Crippen LogP contribution in [0.4, 0.5) is 4.39 Å². The van der Waals surface area contributed by atoms with Gasteiger partial charge in [-0.05, 0) is 49.4 Å². The summed E-state index contributed by atoms with van der Waals surface area (Å²) in [7, 11) is 0. The van der Waals surface area contributed by atoms with E-state index in [1.165, 1.54) is 5.56 Å². The first kappa shape index (κ1) is 11.2. The minimum atomic E-state index is -0.0892. The van der Waals surface area contributed by atoms with Gasteiger partial charge in [0.1, 0.15) is 5.82 Å². The molecule has 2 N–H and O–H groups in total. The predicted octanol–water partition coefficient (Wildman–Crippen LogP) is 2.89. The highest BCUT2D eigenvalue weighted by Crippen LogP contribution is 2.23. The summed E-state index contributed by atoms with van der Waals surface area (Å²) >= 11 is 0. The molecule has 1 atom stereocenters. The molecular weight excluding hydrogens is 177 g/mol. The van der Waals surface area contributed by atoms with Gasteiger partial charge in [0.05, 0.1) is 0 Å². The lowest BCUT2D eigenvalue weighted by Crippen LogP contribution is -2.05. The maximum Gasteiger partial charge on any atom is 0.129 e. The van der Waals surface area contributed by atoms with Gasteiger partial charge < -0.3 is 5.73 Å². The number of hydrogen-bond acceptors (Lipinski definition) is 1. The molecule has 1 rings (SSSR count). The molecule has 14 heavy (non-hydrogen) atoms. The lowest BCUT2D eigenvalue weighted by atomic mass is 9.94. The van der Waals surface area contributed by atoms with E-state index in [1.807, 2.05) is 12.1 Å². The number of hydrogen-bond donors (Lipinski definition) is 1. The molecule has 1 unspecified atom stereocenters. The fourth-order valence-electron chi connectivity index (χ4n) is 1.68. The molecule has 0 saturated heterocycles. The molecule has 0 spiro atoms.